The molecular weight excluding hydrogens is 371 g/mol. The monoisotopic (exact) mass is 396 g/mol. The molecule has 1 saturated heterocycles. The molecule has 1 N–H and O–H groups in total. The van der Waals surface area contributed by atoms with Crippen molar-refractivity contribution < 1.29 is 19.1 Å². The molecule has 0 aliphatic carbocycles. The fraction of sp³-hybridized carbons (Fsp3) is 0.304. The third kappa shape index (κ3) is 3.93. The van der Waals surface area contributed by atoms with Crippen molar-refractivity contribution in [1.82, 2.24) is 9.80 Å². The number of carbonyl (C=O) groups excluding carboxylic acids is 2. The van der Waals surface area contributed by atoms with E-state index in [1.165, 1.54) is 11.0 Å². The number of likely N-dealkylation sites (N-methyl/N-ethyl adjacent to an activating group) is 1. The lowest BCUT2D eigenvalue weighted by atomic mass is 9.93. The molecule has 5 nitrogen and oxygen atoms in total. The number of halogens is 1. The molecule has 0 spiro atoms. The standard InChI is InChI=1S/C23H25FN2O3/c1-14-9-10-15(2)17(13-14)21(27)19-20(16-7-5-6-8-18(16)24)26(12-11-25(3)4)23(29)22(19)28/h5-10,13,20,27H,11-12H2,1-4H3/b21-19-. The van der Waals surface area contributed by atoms with Crippen LogP contribution in [-0.4, -0.2) is 53.8 Å². The second-order valence-electron chi connectivity index (χ2n) is 7.64. The molecule has 1 amide bonds. The van der Waals surface area contributed by atoms with Gasteiger partial charge < -0.3 is 14.9 Å². The minimum Gasteiger partial charge on any atom is -0.507 e. The van der Waals surface area contributed by atoms with Crippen LogP contribution in [0.1, 0.15) is 28.3 Å². The molecule has 0 aromatic heterocycles. The molecule has 0 saturated carbocycles. The van der Waals surface area contributed by atoms with Crippen LogP contribution in [0.15, 0.2) is 48.0 Å². The van der Waals surface area contributed by atoms with Gasteiger partial charge in [-0.3, -0.25) is 9.59 Å². The van der Waals surface area contributed by atoms with Crippen molar-refractivity contribution in [3.05, 3.63) is 76.1 Å². The number of aryl methyl sites for hydroxylation is 2. The van der Waals surface area contributed by atoms with E-state index >= 15 is 0 Å². The lowest BCUT2D eigenvalue weighted by Gasteiger charge is -2.27. The molecule has 2 aromatic carbocycles. The van der Waals surface area contributed by atoms with E-state index in [2.05, 4.69) is 0 Å². The van der Waals surface area contributed by atoms with E-state index in [4.69, 9.17) is 0 Å². The zero-order valence-corrected chi connectivity index (χ0v) is 17.1. The van der Waals surface area contributed by atoms with Crippen LogP contribution in [0.25, 0.3) is 5.76 Å². The molecule has 1 aliphatic heterocycles. The van der Waals surface area contributed by atoms with Crippen LogP contribution in [0.2, 0.25) is 0 Å². The Kier molecular flexibility index (Phi) is 5.84. The Labute approximate surface area is 170 Å². The van der Waals surface area contributed by atoms with Gasteiger partial charge in [-0.15, -0.1) is 0 Å². The van der Waals surface area contributed by atoms with Crippen molar-refractivity contribution in [1.29, 1.82) is 0 Å². The van der Waals surface area contributed by atoms with Gasteiger partial charge in [-0.05, 0) is 45.6 Å². The third-order valence-corrected chi connectivity index (χ3v) is 5.18. The van der Waals surface area contributed by atoms with Crippen molar-refractivity contribution in [3.8, 4) is 0 Å². The van der Waals surface area contributed by atoms with Gasteiger partial charge in [0.15, 0.2) is 0 Å². The molecule has 1 atom stereocenters. The number of nitrogens with zero attached hydrogens (tertiary/aromatic N) is 2. The molecule has 1 unspecified atom stereocenters. The van der Waals surface area contributed by atoms with Crippen LogP contribution in [0.4, 0.5) is 4.39 Å². The van der Waals surface area contributed by atoms with Crippen molar-refractivity contribution in [3.63, 3.8) is 0 Å². The predicted molar refractivity (Wildman–Crippen MR) is 110 cm³/mol. The van der Waals surface area contributed by atoms with Gasteiger partial charge in [0.2, 0.25) is 0 Å². The Hall–Kier alpha value is -2.99. The molecule has 0 radical (unpaired) electrons. The molecule has 3 rings (SSSR count). The van der Waals surface area contributed by atoms with E-state index < -0.39 is 23.5 Å². The van der Waals surface area contributed by atoms with Gasteiger partial charge in [0.05, 0.1) is 11.6 Å². The first-order valence-electron chi connectivity index (χ1n) is 9.47. The summed E-state index contributed by atoms with van der Waals surface area (Å²) in [5.74, 6) is -2.33. The lowest BCUT2D eigenvalue weighted by molar-refractivity contribution is -0.140. The number of rotatable bonds is 5. The maximum Gasteiger partial charge on any atom is 0.295 e. The lowest BCUT2D eigenvalue weighted by Crippen LogP contribution is -2.35. The predicted octanol–water partition coefficient (Wildman–Crippen LogP) is 3.43. The molecule has 0 bridgehead atoms. The summed E-state index contributed by atoms with van der Waals surface area (Å²) in [4.78, 5) is 28.9. The second kappa shape index (κ2) is 8.17. The molecular formula is C23H25FN2O3. The average Bonchev–Trinajstić information content (AvgIpc) is 2.92. The molecule has 1 heterocycles. The molecule has 1 fully saturated rings. The summed E-state index contributed by atoms with van der Waals surface area (Å²) in [6.45, 7) is 4.43. The zero-order valence-electron chi connectivity index (χ0n) is 17.1. The number of carbonyl (C=O) groups is 2. The van der Waals surface area contributed by atoms with Gasteiger partial charge in [-0.1, -0.05) is 35.9 Å². The maximum atomic E-state index is 14.7. The highest BCUT2D eigenvalue weighted by molar-refractivity contribution is 6.46. The average molecular weight is 396 g/mol. The Morgan fingerprint density at radius 3 is 2.48 bits per heavy atom. The molecule has 152 valence electrons. The number of aliphatic hydroxyl groups is 1. The van der Waals surface area contributed by atoms with Crippen molar-refractivity contribution in [2.75, 3.05) is 27.2 Å². The number of likely N-dealkylation sites (tertiary alicyclic amines) is 1. The van der Waals surface area contributed by atoms with E-state index in [0.29, 0.717) is 12.1 Å². The Morgan fingerprint density at radius 1 is 1.14 bits per heavy atom. The molecule has 29 heavy (non-hydrogen) atoms. The van der Waals surface area contributed by atoms with E-state index in [0.717, 1.165) is 11.1 Å². The first-order chi connectivity index (χ1) is 13.7. The number of Topliss-reactive ketones (excluding diaryl/α,β-unsaturated/α-hetero) is 1. The number of hydrogen-bond acceptors (Lipinski definition) is 4. The Balaban J connectivity index is 2.22. The van der Waals surface area contributed by atoms with Gasteiger partial charge in [0, 0.05) is 24.2 Å². The molecule has 2 aromatic rings. The topological polar surface area (TPSA) is 60.9 Å². The second-order valence-corrected chi connectivity index (χ2v) is 7.64. The summed E-state index contributed by atoms with van der Waals surface area (Å²) in [5, 5.41) is 11.1. The normalized spacial score (nSPS) is 18.7. The Bertz CT molecular complexity index is 997. The zero-order chi connectivity index (χ0) is 21.3. The molecule has 6 heteroatoms. The van der Waals surface area contributed by atoms with E-state index in [9.17, 15) is 19.1 Å². The third-order valence-electron chi connectivity index (χ3n) is 5.18. The first-order valence-corrected chi connectivity index (χ1v) is 9.47. The van der Waals surface area contributed by atoms with Crippen molar-refractivity contribution >= 4 is 17.4 Å². The number of amides is 1. The van der Waals surface area contributed by atoms with E-state index in [1.54, 1.807) is 24.3 Å². The SMILES string of the molecule is Cc1ccc(C)c(/C(O)=C2/C(=O)C(=O)N(CCN(C)C)C2c2ccccc2F)c1. The fourth-order valence-corrected chi connectivity index (χ4v) is 3.57. The number of benzene rings is 2. The van der Waals surface area contributed by atoms with Crippen LogP contribution in [0, 0.1) is 19.7 Å². The molecule has 1 aliphatic rings. The minimum atomic E-state index is -0.976. The van der Waals surface area contributed by atoms with Crippen LogP contribution < -0.4 is 0 Å². The quantitative estimate of drug-likeness (QED) is 0.478. The van der Waals surface area contributed by atoms with Crippen LogP contribution >= 0.6 is 0 Å². The van der Waals surface area contributed by atoms with Crippen molar-refractivity contribution in [2.24, 2.45) is 0 Å². The maximum absolute atomic E-state index is 14.7. The number of aliphatic hydroxyl groups excluding tert-OH is 1. The largest absolute Gasteiger partial charge is 0.507 e. The summed E-state index contributed by atoms with van der Waals surface area (Å²) < 4.78 is 14.7. The van der Waals surface area contributed by atoms with E-state index in [-0.39, 0.29) is 23.4 Å². The van der Waals surface area contributed by atoms with Gasteiger partial charge in [-0.2, -0.15) is 0 Å². The van der Waals surface area contributed by atoms with Crippen molar-refractivity contribution in [2.45, 2.75) is 19.9 Å². The first kappa shape index (κ1) is 20.7. The van der Waals surface area contributed by atoms with Gasteiger partial charge >= 0.3 is 0 Å². The van der Waals surface area contributed by atoms with E-state index in [1.807, 2.05) is 45.0 Å². The smallest absolute Gasteiger partial charge is 0.295 e. The summed E-state index contributed by atoms with van der Waals surface area (Å²) >= 11 is 0. The van der Waals surface area contributed by atoms with Gasteiger partial charge in [-0.25, -0.2) is 4.39 Å². The summed E-state index contributed by atoms with van der Waals surface area (Å²) in [6, 6.07) is 10.6. The van der Waals surface area contributed by atoms with Crippen LogP contribution in [-0.2, 0) is 9.59 Å². The summed E-state index contributed by atoms with van der Waals surface area (Å²) in [7, 11) is 3.70. The summed E-state index contributed by atoms with van der Waals surface area (Å²) in [5.41, 5.74) is 2.25. The fourth-order valence-electron chi connectivity index (χ4n) is 3.57. The van der Waals surface area contributed by atoms with Crippen LogP contribution in [0.5, 0.6) is 0 Å². The number of ketones is 1. The van der Waals surface area contributed by atoms with Crippen LogP contribution in [0.3, 0.4) is 0 Å². The van der Waals surface area contributed by atoms with Gasteiger partial charge in [0.25, 0.3) is 11.7 Å². The van der Waals surface area contributed by atoms with Gasteiger partial charge in [0.1, 0.15) is 11.6 Å². The Morgan fingerprint density at radius 2 is 1.83 bits per heavy atom. The number of hydrogen-bond donors (Lipinski definition) is 1. The highest BCUT2D eigenvalue weighted by atomic mass is 19.1. The highest BCUT2D eigenvalue weighted by Gasteiger charge is 2.46. The minimum absolute atomic E-state index is 0.0763. The highest BCUT2D eigenvalue weighted by Crippen LogP contribution is 2.40. The summed E-state index contributed by atoms with van der Waals surface area (Å²) in [6.07, 6.45) is 0.